The van der Waals surface area contributed by atoms with Gasteiger partial charge in [0.1, 0.15) is 48.8 Å². The summed E-state index contributed by atoms with van der Waals surface area (Å²) in [6.07, 6.45) is 1.09. The summed E-state index contributed by atoms with van der Waals surface area (Å²) in [6.45, 7) is 10.8. The lowest BCUT2D eigenvalue weighted by atomic mass is 9.39. The maximum Gasteiger partial charge on any atom is 0.303 e. The molecular formula is C92H109NO12. The highest BCUT2D eigenvalue weighted by Crippen LogP contribution is 2.73. The van der Waals surface area contributed by atoms with E-state index in [1.165, 1.54) is 0 Å². The number of aliphatic carboxylic acids is 1. The maximum atomic E-state index is 12.9. The highest BCUT2D eigenvalue weighted by molar-refractivity contribution is 5.66. The van der Waals surface area contributed by atoms with Crippen LogP contribution in [0.1, 0.15) is 123 Å². The second kappa shape index (κ2) is 35.7. The summed E-state index contributed by atoms with van der Waals surface area (Å²) >= 11 is 0. The summed E-state index contributed by atoms with van der Waals surface area (Å²) in [5, 5.41) is 10.6. The molecule has 8 aromatic rings. The molecule has 0 aromatic heterocycles. The van der Waals surface area contributed by atoms with Gasteiger partial charge in [0.25, 0.3) is 0 Å². The number of rotatable bonds is 32. The molecule has 0 amide bonds. The molecule has 6 fully saturated rings. The smallest absolute Gasteiger partial charge is 0.303 e. The molecule has 2 saturated heterocycles. The van der Waals surface area contributed by atoms with Crippen molar-refractivity contribution in [3.8, 4) is 0 Å². The first kappa shape index (κ1) is 74.6. The SMILES string of the molecule is C[C@H](CCC(=O)O)[C@H]1CC[C@H]2[C@@H]3[C@@H](C4O[C@H](COCc5ccccc5)[C@@H](OCc5ccccc5)[C@H](OCc5ccccc5)[C@H]4OCc4ccccc4)C[C@@H]4C[C@H](N)CC[C@]4(C)[C@H]3C[C@@H]([C@@H]3O[C@H](COCc4ccccc4)[C@@H](OCc4ccccc4)[C@H](OCc4ccccc4)[C@H]3OCc3ccccc3)[C@]12C. The van der Waals surface area contributed by atoms with Crippen molar-refractivity contribution < 1.29 is 57.3 Å². The van der Waals surface area contributed by atoms with E-state index in [4.69, 9.17) is 53.1 Å². The molecule has 8 aromatic carbocycles. The van der Waals surface area contributed by atoms with Crippen molar-refractivity contribution in [3.63, 3.8) is 0 Å². The Balaban J connectivity index is 0.922. The van der Waals surface area contributed by atoms with Crippen LogP contribution in [-0.4, -0.2) is 91.4 Å². The van der Waals surface area contributed by atoms with Gasteiger partial charge in [0.2, 0.25) is 0 Å². The first-order valence-corrected chi connectivity index (χ1v) is 38.9. The fourth-order valence-corrected chi connectivity index (χ4v) is 20.1. The van der Waals surface area contributed by atoms with Gasteiger partial charge in [0.15, 0.2) is 0 Å². The summed E-state index contributed by atoms with van der Waals surface area (Å²) in [5.41, 5.74) is 15.2. The summed E-state index contributed by atoms with van der Waals surface area (Å²) in [4.78, 5) is 12.9. The van der Waals surface area contributed by atoms with Gasteiger partial charge < -0.3 is 58.2 Å². The molecule has 13 nitrogen and oxygen atoms in total. The first-order chi connectivity index (χ1) is 51.5. The van der Waals surface area contributed by atoms with Crippen LogP contribution in [0.4, 0.5) is 0 Å². The Labute approximate surface area is 622 Å². The zero-order chi connectivity index (χ0) is 72.0. The van der Waals surface area contributed by atoms with Crippen LogP contribution in [0.3, 0.4) is 0 Å². The van der Waals surface area contributed by atoms with Crippen LogP contribution in [0.2, 0.25) is 0 Å². The van der Waals surface area contributed by atoms with E-state index in [1.807, 2.05) is 36.4 Å². The molecule has 554 valence electrons. The van der Waals surface area contributed by atoms with Crippen LogP contribution in [0.25, 0.3) is 0 Å². The molecule has 21 atom stereocenters. The van der Waals surface area contributed by atoms with Crippen molar-refractivity contribution in [2.75, 3.05) is 13.2 Å². The number of hydrogen-bond donors (Lipinski definition) is 2. The Morgan fingerprint density at radius 1 is 0.429 bits per heavy atom. The molecule has 2 heterocycles. The Hall–Kier alpha value is -7.21. The third-order valence-electron chi connectivity index (χ3n) is 25.3. The molecule has 4 saturated carbocycles. The Morgan fingerprint density at radius 2 is 0.781 bits per heavy atom. The lowest BCUT2D eigenvalue weighted by Crippen LogP contribution is -2.70. The van der Waals surface area contributed by atoms with Crippen molar-refractivity contribution in [1.82, 2.24) is 0 Å². The van der Waals surface area contributed by atoms with E-state index < -0.39 is 72.4 Å². The number of nitrogens with two attached hydrogens (primary N) is 1. The third-order valence-corrected chi connectivity index (χ3v) is 25.3. The number of fused-ring (bicyclic) bond motifs is 5. The van der Waals surface area contributed by atoms with Gasteiger partial charge in [0.05, 0.1) is 78.3 Å². The zero-order valence-electron chi connectivity index (χ0n) is 61.5. The van der Waals surface area contributed by atoms with Crippen LogP contribution in [0.5, 0.6) is 0 Å². The third kappa shape index (κ3) is 17.8. The number of ether oxygens (including phenoxy) is 10. The predicted octanol–water partition coefficient (Wildman–Crippen LogP) is 17.4. The van der Waals surface area contributed by atoms with Crippen LogP contribution in [-0.2, 0) is 105 Å². The van der Waals surface area contributed by atoms with E-state index >= 15 is 0 Å². The largest absolute Gasteiger partial charge is 0.481 e. The number of hydrogen-bond acceptors (Lipinski definition) is 12. The number of carboxylic acids is 1. The predicted molar refractivity (Wildman–Crippen MR) is 407 cm³/mol. The van der Waals surface area contributed by atoms with Crippen molar-refractivity contribution in [3.05, 3.63) is 287 Å². The van der Waals surface area contributed by atoms with Crippen molar-refractivity contribution in [2.45, 2.75) is 198 Å². The van der Waals surface area contributed by atoms with Crippen LogP contribution in [0.15, 0.2) is 243 Å². The van der Waals surface area contributed by atoms with E-state index in [1.54, 1.807) is 0 Å². The topological polar surface area (TPSA) is 156 Å². The maximum absolute atomic E-state index is 12.9. The first-order valence-electron chi connectivity index (χ1n) is 38.9. The highest BCUT2D eigenvalue weighted by atomic mass is 16.6. The van der Waals surface area contributed by atoms with Gasteiger partial charge in [-0.05, 0) is 154 Å². The molecule has 0 spiro atoms. The van der Waals surface area contributed by atoms with Gasteiger partial charge in [0, 0.05) is 12.5 Å². The molecule has 6 aliphatic rings. The molecule has 2 aliphatic heterocycles. The quantitative estimate of drug-likeness (QED) is 0.0411. The highest BCUT2D eigenvalue weighted by Gasteiger charge is 2.70. The fourth-order valence-electron chi connectivity index (χ4n) is 20.1. The molecule has 4 aliphatic carbocycles. The van der Waals surface area contributed by atoms with Crippen LogP contribution >= 0.6 is 0 Å². The second-order valence-electron chi connectivity index (χ2n) is 31.6. The zero-order valence-corrected chi connectivity index (χ0v) is 61.5. The Kier molecular flexibility index (Phi) is 25.4. The molecule has 13 heteroatoms. The minimum atomic E-state index is -0.778. The molecule has 1 unspecified atom stereocenters. The summed E-state index contributed by atoms with van der Waals surface area (Å²) < 4.78 is 75.6. The number of benzene rings is 8. The average molecular weight is 1420 g/mol. The monoisotopic (exact) mass is 1420 g/mol. The van der Waals surface area contributed by atoms with E-state index in [0.717, 1.165) is 89.5 Å². The number of carboxylic acid groups (broad SMARTS) is 1. The average Bonchev–Trinajstić information content (AvgIpc) is 1.68. The minimum absolute atomic E-state index is 0.0366. The standard InChI is InChI=1S/C92H109NO12/c1-63(44-47-81(94)95)75-45-46-76-82-74(83-87(100-57-68-36-20-8-21-37-68)89(102-59-70-40-24-10-25-41-70)85(98-55-66-32-16-6-17-33-66)79(104-83)61-96-53-64-28-12-4-13-29-64)51-72-50-73(93)48-49-91(72,2)77(82)52-78(92(75,76)3)84-88(101-58-69-38-22-9-23-39-69)90(103-60-71-42-26-11-27-43-71)86(99-56-67-34-18-7-19-35-67)80(105-84)62-97-54-65-30-14-5-15-31-65/h4-43,63,72-80,82-90H,44-62,93H2,1-3H3,(H,94,95)/t63-,72+,73-,74+,75-,76+,77+,78+,79-,80-,82+,83?,84+,85-,86-,87+,88+,89+,90+,91+,92-/m1/s1. The molecule has 14 rings (SSSR count). The lowest BCUT2D eigenvalue weighted by Gasteiger charge is -2.68. The van der Waals surface area contributed by atoms with E-state index in [0.29, 0.717) is 59.3 Å². The van der Waals surface area contributed by atoms with E-state index in [-0.39, 0.29) is 78.4 Å². The summed E-state index contributed by atoms with van der Waals surface area (Å²) in [7, 11) is 0. The molecular weight excluding hydrogens is 1310 g/mol. The second-order valence-corrected chi connectivity index (χ2v) is 31.6. The minimum Gasteiger partial charge on any atom is -0.481 e. The Bertz CT molecular complexity index is 3890. The van der Waals surface area contributed by atoms with Gasteiger partial charge in [-0.3, -0.25) is 4.79 Å². The number of carbonyl (C=O) groups is 1. The van der Waals surface area contributed by atoms with Crippen LogP contribution in [0, 0.1) is 58.2 Å². The van der Waals surface area contributed by atoms with Gasteiger partial charge in [-0.1, -0.05) is 263 Å². The fraction of sp³-hybridized carbons (Fsp3) is 0.467. The van der Waals surface area contributed by atoms with Gasteiger partial charge in [-0.25, -0.2) is 0 Å². The van der Waals surface area contributed by atoms with Crippen molar-refractivity contribution in [2.24, 2.45) is 63.9 Å². The summed E-state index contributed by atoms with van der Waals surface area (Å²) in [6, 6.07) is 83.4. The molecule has 0 radical (unpaired) electrons. The van der Waals surface area contributed by atoms with Crippen molar-refractivity contribution >= 4 is 5.97 Å². The van der Waals surface area contributed by atoms with Crippen molar-refractivity contribution in [1.29, 1.82) is 0 Å². The van der Waals surface area contributed by atoms with Gasteiger partial charge in [-0.2, -0.15) is 0 Å². The Morgan fingerprint density at radius 3 is 1.17 bits per heavy atom. The molecule has 105 heavy (non-hydrogen) atoms. The summed E-state index contributed by atoms with van der Waals surface area (Å²) in [5.74, 6) is -0.195. The van der Waals surface area contributed by atoms with Gasteiger partial charge >= 0.3 is 5.97 Å². The molecule has 0 bridgehead atoms. The molecule has 3 N–H and O–H groups in total. The van der Waals surface area contributed by atoms with Gasteiger partial charge in [-0.15, -0.1) is 0 Å². The van der Waals surface area contributed by atoms with Crippen LogP contribution < -0.4 is 5.73 Å². The van der Waals surface area contributed by atoms with E-state index in [9.17, 15) is 9.90 Å². The normalized spacial score (nSPS) is 31.8. The van der Waals surface area contributed by atoms with E-state index in [2.05, 4.69) is 227 Å². The lowest BCUT2D eigenvalue weighted by molar-refractivity contribution is -0.312.